The monoisotopic (exact) mass is 629 g/mol. The van der Waals surface area contributed by atoms with E-state index in [1.165, 1.54) is 161 Å². The molecule has 1 unspecified atom stereocenters. The van der Waals surface area contributed by atoms with Crippen molar-refractivity contribution < 1.29 is 4.79 Å². The van der Waals surface area contributed by atoms with E-state index in [0.717, 1.165) is 25.8 Å². The van der Waals surface area contributed by atoms with Crippen molar-refractivity contribution in [2.24, 2.45) is 0 Å². The van der Waals surface area contributed by atoms with E-state index in [4.69, 9.17) is 0 Å². The van der Waals surface area contributed by atoms with E-state index in [1.807, 2.05) is 14.1 Å². The Labute approximate surface area is 283 Å². The van der Waals surface area contributed by atoms with Crippen molar-refractivity contribution in [2.45, 2.75) is 206 Å². The molecular formula is C42H80N2O. The third-order valence-electron chi connectivity index (χ3n) is 8.97. The molecule has 1 atom stereocenters. The Bertz CT molecular complexity index is 680. The summed E-state index contributed by atoms with van der Waals surface area (Å²) in [5.41, 5.74) is 0. The van der Waals surface area contributed by atoms with Gasteiger partial charge in [0.25, 0.3) is 0 Å². The SMILES string of the molecule is CCCCC/C=C\C/C=C\CCCCCCCCC(CCCCCCCCCCC/C=C\CCCCC)NC(=O)CCN(C)C. The van der Waals surface area contributed by atoms with Gasteiger partial charge in [0.1, 0.15) is 0 Å². The van der Waals surface area contributed by atoms with Gasteiger partial charge in [0, 0.05) is 19.0 Å². The maximum Gasteiger partial charge on any atom is 0.221 e. The van der Waals surface area contributed by atoms with Crippen LogP contribution >= 0.6 is 0 Å². The van der Waals surface area contributed by atoms with Crippen LogP contribution in [0.5, 0.6) is 0 Å². The first-order valence-electron chi connectivity index (χ1n) is 20.0. The zero-order valence-electron chi connectivity index (χ0n) is 31.1. The average molecular weight is 629 g/mol. The molecule has 0 bridgehead atoms. The molecule has 45 heavy (non-hydrogen) atoms. The molecule has 3 heteroatoms. The zero-order chi connectivity index (χ0) is 32.9. The number of carbonyl (C=O) groups is 1. The molecular weight excluding hydrogens is 548 g/mol. The molecule has 1 amide bonds. The van der Waals surface area contributed by atoms with Gasteiger partial charge < -0.3 is 10.2 Å². The highest BCUT2D eigenvalue weighted by Gasteiger charge is 2.12. The number of unbranched alkanes of at least 4 members (excludes halogenated alkanes) is 21. The summed E-state index contributed by atoms with van der Waals surface area (Å²) in [5, 5.41) is 3.39. The third kappa shape index (κ3) is 37.0. The topological polar surface area (TPSA) is 32.3 Å². The molecule has 0 aliphatic carbocycles. The molecule has 0 aromatic carbocycles. The molecule has 0 aromatic heterocycles. The summed E-state index contributed by atoms with van der Waals surface area (Å²) in [6, 6.07) is 0.367. The number of carbonyl (C=O) groups excluding carboxylic acids is 1. The van der Waals surface area contributed by atoms with Crippen LogP contribution in [-0.2, 0) is 4.79 Å². The first-order valence-corrected chi connectivity index (χ1v) is 20.0. The Morgan fingerprint density at radius 3 is 1.27 bits per heavy atom. The first kappa shape index (κ1) is 43.6. The summed E-state index contributed by atoms with van der Waals surface area (Å²) in [5.74, 6) is 0.237. The second-order valence-corrected chi connectivity index (χ2v) is 13.9. The number of amides is 1. The molecule has 0 saturated carbocycles. The fraction of sp³-hybridized carbons (Fsp3) is 0.833. The highest BCUT2D eigenvalue weighted by Crippen LogP contribution is 2.16. The summed E-state index contributed by atoms with van der Waals surface area (Å²) in [6.07, 6.45) is 51.4. The molecule has 0 fully saturated rings. The fourth-order valence-electron chi connectivity index (χ4n) is 5.93. The average Bonchev–Trinajstić information content (AvgIpc) is 3.03. The maximum absolute atomic E-state index is 12.6. The van der Waals surface area contributed by atoms with Gasteiger partial charge in [-0.2, -0.15) is 0 Å². The lowest BCUT2D eigenvalue weighted by Crippen LogP contribution is -2.36. The Balaban J connectivity index is 3.91. The van der Waals surface area contributed by atoms with Gasteiger partial charge in [-0.25, -0.2) is 0 Å². The maximum atomic E-state index is 12.6. The van der Waals surface area contributed by atoms with Crippen LogP contribution < -0.4 is 5.32 Å². The minimum atomic E-state index is 0.237. The Kier molecular flexibility index (Phi) is 36.0. The molecule has 0 saturated heterocycles. The van der Waals surface area contributed by atoms with Gasteiger partial charge in [-0.1, -0.05) is 159 Å². The van der Waals surface area contributed by atoms with Crippen LogP contribution in [0, 0.1) is 0 Å². The van der Waals surface area contributed by atoms with Crippen molar-refractivity contribution in [1.29, 1.82) is 0 Å². The summed E-state index contributed by atoms with van der Waals surface area (Å²) in [7, 11) is 4.09. The minimum absolute atomic E-state index is 0.237. The largest absolute Gasteiger partial charge is 0.353 e. The van der Waals surface area contributed by atoms with E-state index in [9.17, 15) is 4.79 Å². The van der Waals surface area contributed by atoms with Crippen LogP contribution in [0.3, 0.4) is 0 Å². The highest BCUT2D eigenvalue weighted by molar-refractivity contribution is 5.76. The fourth-order valence-corrected chi connectivity index (χ4v) is 5.93. The Hall–Kier alpha value is -1.35. The predicted octanol–water partition coefficient (Wildman–Crippen LogP) is 13.1. The van der Waals surface area contributed by atoms with Crippen LogP contribution in [0.15, 0.2) is 36.5 Å². The minimum Gasteiger partial charge on any atom is -0.353 e. The number of nitrogens with one attached hydrogen (secondary N) is 1. The van der Waals surface area contributed by atoms with Crippen molar-refractivity contribution >= 4 is 5.91 Å². The van der Waals surface area contributed by atoms with Gasteiger partial charge in [0.2, 0.25) is 5.91 Å². The number of hydrogen-bond donors (Lipinski definition) is 1. The van der Waals surface area contributed by atoms with Gasteiger partial charge in [-0.05, 0) is 84.7 Å². The molecule has 0 spiro atoms. The van der Waals surface area contributed by atoms with E-state index in [-0.39, 0.29) is 5.91 Å². The summed E-state index contributed by atoms with van der Waals surface area (Å²) >= 11 is 0. The standard InChI is InChI=1S/C42H80N2O/c1-5-7-9-11-13-15-17-19-21-23-25-27-29-31-33-35-37-41(43-42(45)39-40-44(3)4)38-36-34-32-30-28-26-24-22-20-18-16-14-12-10-8-6-2/h13-16,19,21,41H,5-12,17-18,20,22-40H2,1-4H3,(H,43,45)/b15-13-,16-14-,21-19-. The van der Waals surface area contributed by atoms with Crippen molar-refractivity contribution in [2.75, 3.05) is 20.6 Å². The van der Waals surface area contributed by atoms with E-state index in [0.29, 0.717) is 12.5 Å². The quantitative estimate of drug-likeness (QED) is 0.0559. The number of nitrogens with zero attached hydrogens (tertiary/aromatic N) is 1. The van der Waals surface area contributed by atoms with E-state index in [1.54, 1.807) is 0 Å². The molecule has 3 nitrogen and oxygen atoms in total. The van der Waals surface area contributed by atoms with E-state index in [2.05, 4.69) is 60.5 Å². The Morgan fingerprint density at radius 1 is 0.511 bits per heavy atom. The zero-order valence-corrected chi connectivity index (χ0v) is 31.1. The molecule has 0 heterocycles. The molecule has 0 aromatic rings. The first-order chi connectivity index (χ1) is 22.1. The molecule has 264 valence electrons. The van der Waals surface area contributed by atoms with Gasteiger partial charge in [0.05, 0.1) is 0 Å². The second-order valence-electron chi connectivity index (χ2n) is 13.9. The summed E-state index contributed by atoms with van der Waals surface area (Å²) in [6.45, 7) is 5.37. The smallest absolute Gasteiger partial charge is 0.221 e. The van der Waals surface area contributed by atoms with Gasteiger partial charge in [0.15, 0.2) is 0 Å². The summed E-state index contributed by atoms with van der Waals surface area (Å²) < 4.78 is 0. The lowest BCUT2D eigenvalue weighted by atomic mass is 9.99. The van der Waals surface area contributed by atoms with Crippen molar-refractivity contribution in [1.82, 2.24) is 10.2 Å². The second kappa shape index (κ2) is 37.1. The van der Waals surface area contributed by atoms with Crippen LogP contribution in [0.1, 0.15) is 200 Å². The molecule has 0 aliphatic heterocycles. The van der Waals surface area contributed by atoms with E-state index < -0.39 is 0 Å². The number of rotatable bonds is 35. The predicted molar refractivity (Wildman–Crippen MR) is 203 cm³/mol. The van der Waals surface area contributed by atoms with Crippen molar-refractivity contribution in [3.63, 3.8) is 0 Å². The lowest BCUT2D eigenvalue weighted by molar-refractivity contribution is -0.122. The van der Waals surface area contributed by atoms with Gasteiger partial charge in [-0.15, -0.1) is 0 Å². The third-order valence-corrected chi connectivity index (χ3v) is 8.97. The van der Waals surface area contributed by atoms with E-state index >= 15 is 0 Å². The summed E-state index contributed by atoms with van der Waals surface area (Å²) in [4.78, 5) is 14.7. The lowest BCUT2D eigenvalue weighted by Gasteiger charge is -2.20. The highest BCUT2D eigenvalue weighted by atomic mass is 16.1. The Morgan fingerprint density at radius 2 is 0.867 bits per heavy atom. The van der Waals surface area contributed by atoms with Crippen LogP contribution in [0.2, 0.25) is 0 Å². The van der Waals surface area contributed by atoms with Crippen molar-refractivity contribution in [3.05, 3.63) is 36.5 Å². The van der Waals surface area contributed by atoms with Gasteiger partial charge in [-0.3, -0.25) is 4.79 Å². The molecule has 0 radical (unpaired) electrons. The normalized spacial score (nSPS) is 12.8. The number of hydrogen-bond acceptors (Lipinski definition) is 2. The van der Waals surface area contributed by atoms with Crippen LogP contribution in [0.4, 0.5) is 0 Å². The van der Waals surface area contributed by atoms with Gasteiger partial charge >= 0.3 is 0 Å². The van der Waals surface area contributed by atoms with Crippen LogP contribution in [0.25, 0.3) is 0 Å². The molecule has 0 rings (SSSR count). The van der Waals surface area contributed by atoms with Crippen molar-refractivity contribution in [3.8, 4) is 0 Å². The molecule has 1 N–H and O–H groups in total. The number of allylic oxidation sites excluding steroid dienone is 6. The van der Waals surface area contributed by atoms with Crippen LogP contribution in [-0.4, -0.2) is 37.5 Å². The molecule has 0 aliphatic rings.